The SMILES string of the molecule is CC(=O)NC1(c2ccc(CN3C(C)CN(c4ncccn4)CC3C)cc2)CC1. The van der Waals surface area contributed by atoms with Crippen LogP contribution < -0.4 is 10.2 Å². The largest absolute Gasteiger partial charge is 0.347 e. The standard InChI is InChI=1S/C22H29N5O/c1-16-13-26(21-23-11-4-12-24-21)14-17(2)27(16)15-19-5-7-20(8-6-19)22(9-10-22)25-18(3)28/h4-8,11-12,16-17H,9-10,13-15H2,1-3H3,(H,25,28). The fourth-order valence-electron chi connectivity index (χ4n) is 4.37. The molecule has 2 heterocycles. The Hall–Kier alpha value is -2.47. The third-order valence-electron chi connectivity index (χ3n) is 5.97. The van der Waals surface area contributed by atoms with Crippen molar-refractivity contribution in [2.24, 2.45) is 0 Å². The first-order valence-corrected chi connectivity index (χ1v) is 10.1. The van der Waals surface area contributed by atoms with Crippen LogP contribution in [0, 0.1) is 0 Å². The van der Waals surface area contributed by atoms with Gasteiger partial charge in [-0.05, 0) is 43.9 Å². The van der Waals surface area contributed by atoms with E-state index in [-0.39, 0.29) is 11.4 Å². The van der Waals surface area contributed by atoms with Gasteiger partial charge in [0.2, 0.25) is 11.9 Å². The molecular weight excluding hydrogens is 350 g/mol. The molecule has 2 atom stereocenters. The molecule has 2 aliphatic rings. The number of amides is 1. The number of rotatable bonds is 5. The number of carbonyl (C=O) groups is 1. The first-order chi connectivity index (χ1) is 13.5. The third kappa shape index (κ3) is 3.87. The van der Waals surface area contributed by atoms with Gasteiger partial charge in [-0.15, -0.1) is 0 Å². The molecule has 6 heteroatoms. The van der Waals surface area contributed by atoms with E-state index < -0.39 is 0 Å². The first kappa shape index (κ1) is 18.9. The van der Waals surface area contributed by atoms with Crippen LogP contribution in [0.5, 0.6) is 0 Å². The highest BCUT2D eigenvalue weighted by molar-refractivity contribution is 5.74. The van der Waals surface area contributed by atoms with E-state index in [2.05, 4.69) is 63.2 Å². The van der Waals surface area contributed by atoms with Crippen molar-refractivity contribution in [1.82, 2.24) is 20.2 Å². The molecule has 0 spiro atoms. The summed E-state index contributed by atoms with van der Waals surface area (Å²) >= 11 is 0. The molecule has 1 aromatic heterocycles. The Labute approximate surface area is 167 Å². The predicted molar refractivity (Wildman–Crippen MR) is 110 cm³/mol. The predicted octanol–water partition coefficient (Wildman–Crippen LogP) is 2.70. The van der Waals surface area contributed by atoms with E-state index in [4.69, 9.17) is 0 Å². The highest BCUT2D eigenvalue weighted by Crippen LogP contribution is 2.45. The van der Waals surface area contributed by atoms with Gasteiger partial charge in [-0.25, -0.2) is 9.97 Å². The molecule has 1 N–H and O–H groups in total. The summed E-state index contributed by atoms with van der Waals surface area (Å²) in [4.78, 5) is 25.1. The van der Waals surface area contributed by atoms with Crippen molar-refractivity contribution < 1.29 is 4.79 Å². The number of aromatic nitrogens is 2. The second kappa shape index (κ2) is 7.51. The first-order valence-electron chi connectivity index (χ1n) is 10.1. The molecule has 4 rings (SSSR count). The number of nitrogens with one attached hydrogen (secondary N) is 1. The molecule has 28 heavy (non-hydrogen) atoms. The van der Waals surface area contributed by atoms with Crippen LogP contribution in [0.1, 0.15) is 44.7 Å². The van der Waals surface area contributed by atoms with Gasteiger partial charge in [0.1, 0.15) is 0 Å². The van der Waals surface area contributed by atoms with Gasteiger partial charge < -0.3 is 10.2 Å². The normalized spacial score (nSPS) is 24.0. The lowest BCUT2D eigenvalue weighted by Gasteiger charge is -2.44. The molecule has 1 amide bonds. The molecular formula is C22H29N5O. The Morgan fingerprint density at radius 3 is 2.25 bits per heavy atom. The summed E-state index contributed by atoms with van der Waals surface area (Å²) in [6.07, 6.45) is 5.67. The topological polar surface area (TPSA) is 61.4 Å². The summed E-state index contributed by atoms with van der Waals surface area (Å²) in [7, 11) is 0. The van der Waals surface area contributed by atoms with Gasteiger partial charge in [0.15, 0.2) is 0 Å². The number of carbonyl (C=O) groups excluding carboxylic acids is 1. The number of nitrogens with zero attached hydrogens (tertiary/aromatic N) is 4. The van der Waals surface area contributed by atoms with Gasteiger partial charge in [0.25, 0.3) is 0 Å². The second-order valence-corrected chi connectivity index (χ2v) is 8.28. The number of hydrogen-bond acceptors (Lipinski definition) is 5. The average Bonchev–Trinajstić information content (AvgIpc) is 3.45. The summed E-state index contributed by atoms with van der Waals surface area (Å²) in [5.41, 5.74) is 2.41. The minimum absolute atomic E-state index is 0.0458. The van der Waals surface area contributed by atoms with E-state index in [9.17, 15) is 4.79 Å². The lowest BCUT2D eigenvalue weighted by Crippen LogP contribution is -2.56. The number of anilines is 1. The quantitative estimate of drug-likeness (QED) is 0.866. The molecule has 6 nitrogen and oxygen atoms in total. The summed E-state index contributed by atoms with van der Waals surface area (Å²) in [6.45, 7) is 8.93. The van der Waals surface area contributed by atoms with Crippen molar-refractivity contribution in [1.29, 1.82) is 0 Å². The maximum absolute atomic E-state index is 11.5. The summed E-state index contributed by atoms with van der Waals surface area (Å²) < 4.78 is 0. The summed E-state index contributed by atoms with van der Waals surface area (Å²) in [6, 6.07) is 11.5. The van der Waals surface area contributed by atoms with Crippen LogP contribution in [-0.2, 0) is 16.9 Å². The molecule has 1 saturated carbocycles. The number of piperazine rings is 1. The Balaban J connectivity index is 1.41. The average molecular weight is 380 g/mol. The van der Waals surface area contributed by atoms with Gasteiger partial charge in [-0.2, -0.15) is 0 Å². The molecule has 148 valence electrons. The van der Waals surface area contributed by atoms with Crippen molar-refractivity contribution in [3.63, 3.8) is 0 Å². The molecule has 1 aliphatic heterocycles. The van der Waals surface area contributed by atoms with Crippen LogP contribution in [0.15, 0.2) is 42.7 Å². The third-order valence-corrected chi connectivity index (χ3v) is 5.97. The van der Waals surface area contributed by atoms with Crippen molar-refractivity contribution in [2.45, 2.75) is 57.8 Å². The van der Waals surface area contributed by atoms with E-state index >= 15 is 0 Å². The van der Waals surface area contributed by atoms with E-state index in [1.165, 1.54) is 11.1 Å². The van der Waals surface area contributed by atoms with Crippen LogP contribution in [0.2, 0.25) is 0 Å². The van der Waals surface area contributed by atoms with Crippen LogP contribution in [0.25, 0.3) is 0 Å². The van der Waals surface area contributed by atoms with Gasteiger partial charge in [-0.3, -0.25) is 9.69 Å². The van der Waals surface area contributed by atoms with E-state index in [0.717, 1.165) is 38.4 Å². The molecule has 0 radical (unpaired) electrons. The molecule has 1 saturated heterocycles. The molecule has 0 bridgehead atoms. The van der Waals surface area contributed by atoms with Crippen LogP contribution in [-0.4, -0.2) is 45.9 Å². The molecule has 2 unspecified atom stereocenters. The zero-order chi connectivity index (χ0) is 19.7. The Morgan fingerprint density at radius 2 is 1.71 bits per heavy atom. The van der Waals surface area contributed by atoms with E-state index in [1.807, 2.05) is 6.07 Å². The fraction of sp³-hybridized carbons (Fsp3) is 0.500. The Morgan fingerprint density at radius 1 is 1.11 bits per heavy atom. The van der Waals surface area contributed by atoms with E-state index in [1.54, 1.807) is 19.3 Å². The zero-order valence-corrected chi connectivity index (χ0v) is 16.9. The summed E-state index contributed by atoms with van der Waals surface area (Å²) in [5.74, 6) is 0.863. The van der Waals surface area contributed by atoms with Crippen molar-refractivity contribution in [3.8, 4) is 0 Å². The zero-order valence-electron chi connectivity index (χ0n) is 16.9. The molecule has 2 aromatic rings. The summed E-state index contributed by atoms with van der Waals surface area (Å²) in [5, 5.41) is 3.12. The lowest BCUT2D eigenvalue weighted by atomic mass is 10.0. The van der Waals surface area contributed by atoms with Gasteiger partial charge in [0, 0.05) is 51.0 Å². The van der Waals surface area contributed by atoms with Crippen molar-refractivity contribution in [2.75, 3.05) is 18.0 Å². The van der Waals surface area contributed by atoms with Gasteiger partial charge >= 0.3 is 0 Å². The lowest BCUT2D eigenvalue weighted by molar-refractivity contribution is -0.120. The van der Waals surface area contributed by atoms with Gasteiger partial charge in [0.05, 0.1) is 5.54 Å². The maximum atomic E-state index is 11.5. The maximum Gasteiger partial charge on any atom is 0.225 e. The smallest absolute Gasteiger partial charge is 0.225 e. The Kier molecular flexibility index (Phi) is 5.06. The van der Waals surface area contributed by atoms with Gasteiger partial charge in [-0.1, -0.05) is 24.3 Å². The minimum atomic E-state index is -0.119. The van der Waals surface area contributed by atoms with Crippen molar-refractivity contribution >= 4 is 11.9 Å². The molecule has 1 aromatic carbocycles. The molecule has 2 fully saturated rings. The van der Waals surface area contributed by atoms with E-state index in [0.29, 0.717) is 12.1 Å². The Bertz CT molecular complexity index is 807. The second-order valence-electron chi connectivity index (χ2n) is 8.28. The van der Waals surface area contributed by atoms with Crippen molar-refractivity contribution in [3.05, 3.63) is 53.9 Å². The molecule has 1 aliphatic carbocycles. The fourth-order valence-corrected chi connectivity index (χ4v) is 4.37. The number of hydrogen-bond donors (Lipinski definition) is 1. The highest BCUT2D eigenvalue weighted by atomic mass is 16.1. The highest BCUT2D eigenvalue weighted by Gasteiger charge is 2.45. The van der Waals surface area contributed by atoms with Crippen LogP contribution in [0.3, 0.4) is 0 Å². The minimum Gasteiger partial charge on any atom is -0.347 e. The number of benzene rings is 1. The van der Waals surface area contributed by atoms with Crippen LogP contribution >= 0.6 is 0 Å². The van der Waals surface area contributed by atoms with Crippen LogP contribution in [0.4, 0.5) is 5.95 Å². The monoisotopic (exact) mass is 379 g/mol.